The zero-order valence-electron chi connectivity index (χ0n) is 31.4. The van der Waals surface area contributed by atoms with Crippen LogP contribution in [-0.2, 0) is 0 Å². The van der Waals surface area contributed by atoms with Crippen LogP contribution in [0.25, 0.3) is 16.6 Å². The molecule has 1 amide bonds. The van der Waals surface area contributed by atoms with Crippen LogP contribution in [0.2, 0.25) is 0 Å². The van der Waals surface area contributed by atoms with Gasteiger partial charge in [0.15, 0.2) is 0 Å². The van der Waals surface area contributed by atoms with E-state index in [1.54, 1.807) is 23.6 Å². The summed E-state index contributed by atoms with van der Waals surface area (Å²) in [5, 5.41) is 0.295. The summed E-state index contributed by atoms with van der Waals surface area (Å²) in [5.74, 6) is -0.560. The molecule has 3 aliphatic heterocycles. The Morgan fingerprint density at radius 1 is 0.774 bits per heavy atom. The highest BCUT2D eigenvalue weighted by Crippen LogP contribution is 2.30. The predicted molar refractivity (Wildman–Crippen MR) is 205 cm³/mol. The van der Waals surface area contributed by atoms with E-state index in [9.17, 15) is 18.4 Å². The van der Waals surface area contributed by atoms with Crippen LogP contribution in [0.5, 0.6) is 17.2 Å². The molecule has 3 aromatic carbocycles. The lowest BCUT2D eigenvalue weighted by molar-refractivity contribution is -0.941. The Morgan fingerprint density at radius 3 is 2.11 bits per heavy atom. The highest BCUT2D eigenvalue weighted by molar-refractivity contribution is 6.07. The van der Waals surface area contributed by atoms with Crippen LogP contribution in [0.3, 0.4) is 0 Å². The van der Waals surface area contributed by atoms with Crippen LogP contribution in [-0.4, -0.2) is 92.0 Å². The fourth-order valence-corrected chi connectivity index (χ4v) is 7.63. The Morgan fingerprint density at radius 2 is 1.43 bits per heavy atom. The predicted octanol–water partition coefficient (Wildman–Crippen LogP) is 7.60. The van der Waals surface area contributed by atoms with Crippen LogP contribution < -0.4 is 24.5 Å². The second-order valence-corrected chi connectivity index (χ2v) is 14.2. The lowest BCUT2D eigenvalue weighted by Crippen LogP contribution is -2.67. The monoisotopic (exact) mass is 731 g/mol. The molecule has 1 aromatic heterocycles. The first-order valence-electron chi connectivity index (χ1n) is 19.3. The number of hydrogen-bond acceptors (Lipinski definition) is 6. The molecular weight excluding hydrogens is 678 g/mol. The minimum Gasteiger partial charge on any atom is -0.494 e. The summed E-state index contributed by atoms with van der Waals surface area (Å²) in [5.41, 5.74) is 0.512. The fraction of sp³-hybridized carbons (Fsp3) is 0.476. The SMILES string of the molecule is CCCOc1cc(OCC)cc(-n2cc(C(=O)N(CC)c3cc(F)cc(F)c3)c(=O)c3ccc(OCCCCCCC[N+]45CCN(CC4)CC5)cc32)c1. The van der Waals surface area contributed by atoms with E-state index in [4.69, 9.17) is 14.2 Å². The second-order valence-electron chi connectivity index (χ2n) is 14.2. The van der Waals surface area contributed by atoms with Gasteiger partial charge in [0.25, 0.3) is 5.91 Å². The highest BCUT2D eigenvalue weighted by Gasteiger charge is 2.37. The molecule has 3 fully saturated rings. The van der Waals surface area contributed by atoms with E-state index >= 15 is 0 Å². The maximum atomic E-state index is 14.2. The van der Waals surface area contributed by atoms with Gasteiger partial charge in [-0.1, -0.05) is 19.8 Å². The van der Waals surface area contributed by atoms with Crippen LogP contribution >= 0.6 is 0 Å². The Hall–Kier alpha value is -4.48. The largest absolute Gasteiger partial charge is 0.494 e. The normalized spacial score (nSPS) is 17.9. The van der Waals surface area contributed by atoms with Crippen molar-refractivity contribution in [3.8, 4) is 22.9 Å². The number of nitrogens with zero attached hydrogens (tertiary/aromatic N) is 4. The Bertz CT molecular complexity index is 1910. The Kier molecular flexibility index (Phi) is 12.7. The van der Waals surface area contributed by atoms with E-state index in [0.717, 1.165) is 37.5 Å². The van der Waals surface area contributed by atoms with Crippen molar-refractivity contribution >= 4 is 22.5 Å². The van der Waals surface area contributed by atoms with E-state index in [2.05, 4.69) is 4.90 Å². The Labute approximate surface area is 311 Å². The molecule has 284 valence electrons. The number of fused-ring (bicyclic) bond motifs is 4. The van der Waals surface area contributed by atoms with E-state index in [0.29, 0.717) is 53.7 Å². The molecule has 0 spiro atoms. The number of anilines is 1. The summed E-state index contributed by atoms with van der Waals surface area (Å²) < 4.78 is 49.6. The minimum atomic E-state index is -0.819. The van der Waals surface area contributed by atoms with Crippen molar-refractivity contribution in [3.63, 3.8) is 0 Å². The summed E-state index contributed by atoms with van der Waals surface area (Å²) in [7, 11) is 0. The summed E-state index contributed by atoms with van der Waals surface area (Å²) in [6.45, 7) is 16.1. The van der Waals surface area contributed by atoms with Gasteiger partial charge in [0.1, 0.15) is 34.4 Å². The molecular formula is C42H53F2N4O5+. The molecule has 0 atom stereocenters. The lowest BCUT2D eigenvalue weighted by Gasteiger charge is -2.50. The van der Waals surface area contributed by atoms with Crippen LogP contribution in [0, 0.1) is 11.6 Å². The smallest absolute Gasteiger partial charge is 0.263 e. The number of pyridine rings is 1. The number of benzene rings is 3. The number of amides is 1. The molecule has 3 saturated heterocycles. The van der Waals surface area contributed by atoms with Crippen LogP contribution in [0.1, 0.15) is 69.7 Å². The molecule has 4 heterocycles. The number of ether oxygens (including phenoxy) is 3. The molecule has 0 radical (unpaired) electrons. The molecule has 0 unspecified atom stereocenters. The number of hydrogen-bond donors (Lipinski definition) is 0. The molecule has 53 heavy (non-hydrogen) atoms. The topological polar surface area (TPSA) is 73.2 Å². The van der Waals surface area contributed by atoms with Gasteiger partial charge in [-0.05, 0) is 63.8 Å². The number of halogens is 2. The third-order valence-corrected chi connectivity index (χ3v) is 10.6. The van der Waals surface area contributed by atoms with Gasteiger partial charge in [0.05, 0.1) is 57.2 Å². The van der Waals surface area contributed by atoms with Crippen molar-refractivity contribution in [2.45, 2.75) is 59.3 Å². The number of carbonyl (C=O) groups excluding carboxylic acids is 1. The van der Waals surface area contributed by atoms with Gasteiger partial charge >= 0.3 is 0 Å². The number of piperazine rings is 3. The van der Waals surface area contributed by atoms with Crippen molar-refractivity contribution in [1.29, 1.82) is 0 Å². The van der Waals surface area contributed by atoms with Gasteiger partial charge in [0.2, 0.25) is 5.43 Å². The number of unbranched alkanes of at least 4 members (excludes halogenated alkanes) is 4. The van der Waals surface area contributed by atoms with Crippen molar-refractivity contribution in [3.05, 3.63) is 88.2 Å². The maximum absolute atomic E-state index is 14.2. The van der Waals surface area contributed by atoms with E-state index in [-0.39, 0.29) is 17.8 Å². The number of carbonyl (C=O) groups is 1. The second kappa shape index (κ2) is 17.6. The van der Waals surface area contributed by atoms with Crippen LogP contribution in [0.15, 0.2) is 65.6 Å². The first-order chi connectivity index (χ1) is 25.7. The van der Waals surface area contributed by atoms with Crippen molar-refractivity contribution in [1.82, 2.24) is 9.47 Å². The van der Waals surface area contributed by atoms with Gasteiger partial charge in [-0.25, -0.2) is 8.78 Å². The summed E-state index contributed by atoms with van der Waals surface area (Å²) in [4.78, 5) is 31.9. The zero-order valence-corrected chi connectivity index (χ0v) is 31.4. The highest BCUT2D eigenvalue weighted by atomic mass is 19.1. The standard InChI is InChI=1S/C42H53F2N4O5/c1-4-21-52-37-27-34(26-36(28-37)51-6-3)47-30-39(42(50)46(5-2)33-24-31(43)23-32(44)25-33)41(49)38-13-12-35(29-40(38)47)53-22-11-9-7-8-10-17-48-18-14-45(15-19-48)16-20-48/h12-13,23-30H,4-11,14-22H2,1-3H3/q+1. The minimum absolute atomic E-state index is 0.0202. The number of aromatic nitrogens is 1. The summed E-state index contributed by atoms with van der Waals surface area (Å²) >= 11 is 0. The molecule has 0 aliphatic carbocycles. The lowest BCUT2D eigenvalue weighted by atomic mass is 10.1. The van der Waals surface area contributed by atoms with Crippen molar-refractivity contribution in [2.24, 2.45) is 0 Å². The van der Waals surface area contributed by atoms with Crippen molar-refractivity contribution < 1.29 is 32.3 Å². The third-order valence-electron chi connectivity index (χ3n) is 10.6. The van der Waals surface area contributed by atoms with Gasteiger partial charge in [-0.3, -0.25) is 14.5 Å². The molecule has 0 saturated carbocycles. The number of quaternary nitrogens is 1. The molecule has 0 N–H and O–H groups in total. The summed E-state index contributed by atoms with van der Waals surface area (Å²) in [6.07, 6.45) is 8.00. The first-order valence-corrected chi connectivity index (χ1v) is 19.3. The van der Waals surface area contributed by atoms with E-state index in [1.807, 2.05) is 38.1 Å². The van der Waals surface area contributed by atoms with Gasteiger partial charge < -0.3 is 28.2 Å². The first kappa shape index (κ1) is 38.3. The molecule has 2 bridgehead atoms. The van der Waals surface area contributed by atoms with E-state index < -0.39 is 23.0 Å². The molecule has 4 aromatic rings. The van der Waals surface area contributed by atoms with Gasteiger partial charge in [-0.15, -0.1) is 0 Å². The summed E-state index contributed by atoms with van der Waals surface area (Å²) in [6, 6.07) is 13.6. The quantitative estimate of drug-likeness (QED) is 0.0776. The van der Waals surface area contributed by atoms with E-state index in [1.165, 1.54) is 80.7 Å². The average molecular weight is 732 g/mol. The average Bonchev–Trinajstić information content (AvgIpc) is 3.16. The van der Waals surface area contributed by atoms with Gasteiger partial charge in [-0.2, -0.15) is 0 Å². The number of rotatable bonds is 18. The van der Waals surface area contributed by atoms with Crippen LogP contribution in [0.4, 0.5) is 14.5 Å². The third kappa shape index (κ3) is 9.19. The fourth-order valence-electron chi connectivity index (χ4n) is 7.63. The zero-order chi connectivity index (χ0) is 37.4. The molecule has 11 heteroatoms. The Balaban J connectivity index is 1.24. The van der Waals surface area contributed by atoms with Gasteiger partial charge in [0, 0.05) is 73.8 Å². The molecule has 7 rings (SSSR count). The maximum Gasteiger partial charge on any atom is 0.263 e. The molecule has 3 aliphatic rings. The van der Waals surface area contributed by atoms with Crippen molar-refractivity contribution in [2.75, 3.05) is 77.1 Å². The molecule has 9 nitrogen and oxygen atoms in total.